The maximum absolute atomic E-state index is 12.3. The van der Waals surface area contributed by atoms with Crippen LogP contribution in [0.15, 0.2) is 35.5 Å². The summed E-state index contributed by atoms with van der Waals surface area (Å²) in [5.41, 5.74) is 0.129. The van der Waals surface area contributed by atoms with Crippen molar-refractivity contribution in [2.75, 3.05) is 11.3 Å². The standard InChI is InChI=1S/C12H13Cl2N3O3S/c13-10-3-1-4-11(14)12(10)16-21(19,20)9-7-15-17(8-9)5-2-6-18/h1,3-4,7-8,16,18H,2,5-6H2. The first-order chi connectivity index (χ1) is 9.94. The third-order valence-corrected chi connectivity index (χ3v) is 4.60. The fraction of sp³-hybridized carbons (Fsp3) is 0.250. The Hall–Kier alpha value is -1.28. The number of aromatic nitrogens is 2. The van der Waals surface area contributed by atoms with Crippen LogP contribution >= 0.6 is 23.2 Å². The number of para-hydroxylation sites is 1. The van der Waals surface area contributed by atoms with Gasteiger partial charge >= 0.3 is 0 Å². The van der Waals surface area contributed by atoms with Crippen LogP contribution in [0.1, 0.15) is 6.42 Å². The summed E-state index contributed by atoms with van der Waals surface area (Å²) in [5.74, 6) is 0. The quantitative estimate of drug-likeness (QED) is 0.838. The summed E-state index contributed by atoms with van der Waals surface area (Å²) in [6.07, 6.45) is 3.10. The molecule has 0 amide bonds. The number of benzene rings is 1. The van der Waals surface area contributed by atoms with E-state index in [0.717, 1.165) is 0 Å². The van der Waals surface area contributed by atoms with E-state index in [1.165, 1.54) is 29.2 Å². The Morgan fingerprint density at radius 3 is 2.57 bits per heavy atom. The first-order valence-electron chi connectivity index (χ1n) is 6.04. The Balaban J connectivity index is 2.24. The topological polar surface area (TPSA) is 84.2 Å². The van der Waals surface area contributed by atoms with Crippen molar-refractivity contribution < 1.29 is 13.5 Å². The van der Waals surface area contributed by atoms with Crippen molar-refractivity contribution in [2.24, 2.45) is 0 Å². The highest BCUT2D eigenvalue weighted by Crippen LogP contribution is 2.31. The van der Waals surface area contributed by atoms with Gasteiger partial charge in [-0.05, 0) is 18.6 Å². The van der Waals surface area contributed by atoms with Crippen molar-refractivity contribution in [3.05, 3.63) is 40.6 Å². The molecule has 2 N–H and O–H groups in total. The van der Waals surface area contributed by atoms with Crippen molar-refractivity contribution in [2.45, 2.75) is 17.9 Å². The predicted molar refractivity (Wildman–Crippen MR) is 81.2 cm³/mol. The fourth-order valence-corrected chi connectivity index (χ4v) is 3.28. The molecule has 1 heterocycles. The Bertz CT molecular complexity index is 711. The van der Waals surface area contributed by atoms with Crippen LogP contribution in [-0.4, -0.2) is 29.9 Å². The molecule has 0 aliphatic rings. The van der Waals surface area contributed by atoms with E-state index < -0.39 is 10.0 Å². The first-order valence-corrected chi connectivity index (χ1v) is 8.28. The van der Waals surface area contributed by atoms with Crippen LogP contribution < -0.4 is 4.72 Å². The molecule has 0 saturated heterocycles. The van der Waals surface area contributed by atoms with E-state index in [2.05, 4.69) is 9.82 Å². The Morgan fingerprint density at radius 2 is 1.95 bits per heavy atom. The molecule has 2 rings (SSSR count). The molecule has 0 unspecified atom stereocenters. The summed E-state index contributed by atoms with van der Waals surface area (Å²) in [6, 6.07) is 4.70. The largest absolute Gasteiger partial charge is 0.396 e. The van der Waals surface area contributed by atoms with Crippen molar-refractivity contribution in [3.63, 3.8) is 0 Å². The molecule has 9 heteroatoms. The van der Waals surface area contributed by atoms with Gasteiger partial charge in [0.15, 0.2) is 0 Å². The number of aliphatic hydroxyl groups is 1. The summed E-state index contributed by atoms with van der Waals surface area (Å²) in [4.78, 5) is -0.00331. The highest BCUT2D eigenvalue weighted by molar-refractivity contribution is 7.92. The molecule has 21 heavy (non-hydrogen) atoms. The molecule has 0 saturated carbocycles. The van der Waals surface area contributed by atoms with Crippen molar-refractivity contribution >= 4 is 38.9 Å². The van der Waals surface area contributed by atoms with Crippen molar-refractivity contribution in [3.8, 4) is 0 Å². The van der Waals surface area contributed by atoms with Crippen LogP contribution in [0.25, 0.3) is 0 Å². The second kappa shape index (κ2) is 6.65. The van der Waals surface area contributed by atoms with E-state index in [1.54, 1.807) is 6.07 Å². The third kappa shape index (κ3) is 3.88. The average molecular weight is 350 g/mol. The third-order valence-electron chi connectivity index (χ3n) is 2.66. The van der Waals surface area contributed by atoms with Crippen LogP contribution in [0.4, 0.5) is 5.69 Å². The van der Waals surface area contributed by atoms with Gasteiger partial charge in [0, 0.05) is 19.3 Å². The molecule has 0 aliphatic carbocycles. The lowest BCUT2D eigenvalue weighted by molar-refractivity contribution is 0.277. The van der Waals surface area contributed by atoms with Gasteiger partial charge < -0.3 is 5.11 Å². The maximum atomic E-state index is 12.3. The number of nitrogens with zero attached hydrogens (tertiary/aromatic N) is 2. The van der Waals surface area contributed by atoms with Crippen LogP contribution in [0.3, 0.4) is 0 Å². The highest BCUT2D eigenvalue weighted by atomic mass is 35.5. The number of rotatable bonds is 6. The summed E-state index contributed by atoms with van der Waals surface area (Å²) in [5, 5.41) is 13.1. The summed E-state index contributed by atoms with van der Waals surface area (Å²) in [7, 11) is -3.83. The zero-order chi connectivity index (χ0) is 15.5. The number of anilines is 1. The fourth-order valence-electron chi connectivity index (χ4n) is 1.63. The predicted octanol–water partition coefficient (Wildman–Crippen LogP) is 2.37. The minimum atomic E-state index is -3.83. The van der Waals surface area contributed by atoms with Crippen molar-refractivity contribution in [1.82, 2.24) is 9.78 Å². The maximum Gasteiger partial charge on any atom is 0.265 e. The number of sulfonamides is 1. The number of halogens is 2. The summed E-state index contributed by atoms with van der Waals surface area (Å²) in [6.45, 7) is 0.439. The molecule has 0 spiro atoms. The molecule has 2 aromatic rings. The Labute approximate surface area is 132 Å². The normalized spacial score (nSPS) is 11.6. The monoisotopic (exact) mass is 349 g/mol. The van der Waals surface area contributed by atoms with Gasteiger partial charge in [-0.1, -0.05) is 29.3 Å². The molecule has 0 fully saturated rings. The Kier molecular flexibility index (Phi) is 5.10. The highest BCUT2D eigenvalue weighted by Gasteiger charge is 2.19. The molecule has 1 aromatic heterocycles. The van der Waals surface area contributed by atoms with E-state index in [1.807, 2.05) is 0 Å². The van der Waals surface area contributed by atoms with Gasteiger partial charge in [-0.15, -0.1) is 0 Å². The van der Waals surface area contributed by atoms with E-state index in [9.17, 15) is 8.42 Å². The second-order valence-corrected chi connectivity index (χ2v) is 6.72. The summed E-state index contributed by atoms with van der Waals surface area (Å²) < 4.78 is 28.3. The smallest absolute Gasteiger partial charge is 0.265 e. The molecular weight excluding hydrogens is 337 g/mol. The second-order valence-electron chi connectivity index (χ2n) is 4.22. The number of hydrogen-bond donors (Lipinski definition) is 2. The minimum absolute atomic E-state index is 0.00331. The lowest BCUT2D eigenvalue weighted by atomic mass is 10.3. The van der Waals surface area contributed by atoms with Gasteiger partial charge in [-0.2, -0.15) is 5.10 Å². The van der Waals surface area contributed by atoms with Crippen LogP contribution in [0.5, 0.6) is 0 Å². The van der Waals surface area contributed by atoms with E-state index in [0.29, 0.717) is 13.0 Å². The van der Waals surface area contributed by atoms with Gasteiger partial charge in [0.1, 0.15) is 4.90 Å². The van der Waals surface area contributed by atoms with Gasteiger partial charge in [0.2, 0.25) is 0 Å². The molecular formula is C12H13Cl2N3O3S. The lowest BCUT2D eigenvalue weighted by Gasteiger charge is -2.09. The zero-order valence-corrected chi connectivity index (χ0v) is 13.2. The van der Waals surface area contributed by atoms with Gasteiger partial charge in [0.05, 0.1) is 21.9 Å². The average Bonchev–Trinajstić information content (AvgIpc) is 2.90. The van der Waals surface area contributed by atoms with E-state index in [-0.39, 0.29) is 27.2 Å². The SMILES string of the molecule is O=S(=O)(Nc1c(Cl)cccc1Cl)c1cnn(CCCO)c1. The molecule has 6 nitrogen and oxygen atoms in total. The Morgan fingerprint density at radius 1 is 1.29 bits per heavy atom. The molecule has 0 atom stereocenters. The van der Waals surface area contributed by atoms with Gasteiger partial charge in [-0.3, -0.25) is 9.40 Å². The summed E-state index contributed by atoms with van der Waals surface area (Å²) >= 11 is 11.9. The zero-order valence-electron chi connectivity index (χ0n) is 10.8. The van der Waals surface area contributed by atoms with Crippen LogP contribution in [0, 0.1) is 0 Å². The van der Waals surface area contributed by atoms with Gasteiger partial charge in [-0.25, -0.2) is 8.42 Å². The molecule has 1 aromatic carbocycles. The van der Waals surface area contributed by atoms with E-state index in [4.69, 9.17) is 28.3 Å². The molecule has 0 radical (unpaired) electrons. The number of hydrogen-bond acceptors (Lipinski definition) is 4. The molecule has 0 bridgehead atoms. The number of aryl methyl sites for hydroxylation is 1. The molecule has 0 aliphatic heterocycles. The van der Waals surface area contributed by atoms with Crippen molar-refractivity contribution in [1.29, 1.82) is 0 Å². The molecule has 114 valence electrons. The number of aliphatic hydroxyl groups excluding tert-OH is 1. The number of nitrogens with one attached hydrogen (secondary N) is 1. The van der Waals surface area contributed by atoms with Crippen LogP contribution in [-0.2, 0) is 16.6 Å². The lowest BCUT2D eigenvalue weighted by Crippen LogP contribution is -2.13. The first kappa shape index (κ1) is 16.1. The van der Waals surface area contributed by atoms with Crippen LogP contribution in [0.2, 0.25) is 10.0 Å². The minimum Gasteiger partial charge on any atom is -0.396 e. The van der Waals surface area contributed by atoms with Gasteiger partial charge in [0.25, 0.3) is 10.0 Å². The van der Waals surface area contributed by atoms with E-state index >= 15 is 0 Å².